The van der Waals surface area contributed by atoms with Gasteiger partial charge in [-0.25, -0.2) is 0 Å². The molecule has 1 aliphatic rings. The van der Waals surface area contributed by atoms with Crippen molar-refractivity contribution >= 4 is 17.5 Å². The molecule has 1 saturated carbocycles. The molecule has 1 fully saturated rings. The number of rotatable bonds is 4. The van der Waals surface area contributed by atoms with Gasteiger partial charge in [0.25, 0.3) is 0 Å². The van der Waals surface area contributed by atoms with Crippen molar-refractivity contribution in [1.29, 1.82) is 0 Å². The number of Topliss-reactive ketones (excluding diaryl/α,β-unsaturated/α-hetero) is 2. The maximum Gasteiger partial charge on any atom is 0.316 e. The van der Waals surface area contributed by atoms with Crippen LogP contribution in [0.1, 0.15) is 32.6 Å². The summed E-state index contributed by atoms with van der Waals surface area (Å²) < 4.78 is 4.61. The van der Waals surface area contributed by atoms with Gasteiger partial charge in [-0.3, -0.25) is 14.4 Å². The molecule has 0 saturated heterocycles. The molecule has 0 radical (unpaired) electrons. The van der Waals surface area contributed by atoms with Crippen molar-refractivity contribution in [2.45, 2.75) is 32.6 Å². The second kappa shape index (κ2) is 5.05. The fourth-order valence-electron chi connectivity index (χ4n) is 2.06. The lowest BCUT2D eigenvalue weighted by Gasteiger charge is -2.18. The number of carbonyl (C=O) groups excluding carboxylic acids is 3. The van der Waals surface area contributed by atoms with Crippen LogP contribution in [0.5, 0.6) is 0 Å². The molecule has 0 heterocycles. The van der Waals surface area contributed by atoms with Gasteiger partial charge in [-0.15, -0.1) is 0 Å². The summed E-state index contributed by atoms with van der Waals surface area (Å²) in [6.45, 7) is 1.72. The van der Waals surface area contributed by atoms with Crippen molar-refractivity contribution in [3.8, 4) is 0 Å². The fraction of sp³-hybridized carbons (Fsp3) is 0.727. The Hall–Kier alpha value is -1.19. The molecule has 1 unspecified atom stereocenters. The van der Waals surface area contributed by atoms with Gasteiger partial charge in [0.15, 0.2) is 0 Å². The summed E-state index contributed by atoms with van der Waals surface area (Å²) in [4.78, 5) is 34.2. The highest BCUT2D eigenvalue weighted by molar-refractivity contribution is 6.00. The predicted molar refractivity (Wildman–Crippen MR) is 53.2 cm³/mol. The Balaban J connectivity index is 2.76. The second-order valence-corrected chi connectivity index (χ2v) is 3.86. The average Bonchev–Trinajstić information content (AvgIpc) is 2.64. The van der Waals surface area contributed by atoms with Crippen molar-refractivity contribution in [2.24, 2.45) is 11.8 Å². The van der Waals surface area contributed by atoms with E-state index in [0.717, 1.165) is 0 Å². The molecule has 1 aliphatic carbocycles. The molecule has 0 spiro atoms. The Morgan fingerprint density at radius 1 is 1.53 bits per heavy atom. The summed E-state index contributed by atoms with van der Waals surface area (Å²) in [7, 11) is 1.27. The van der Waals surface area contributed by atoms with E-state index in [1.165, 1.54) is 7.11 Å². The van der Waals surface area contributed by atoms with Crippen LogP contribution in [0.25, 0.3) is 0 Å². The highest BCUT2D eigenvalue weighted by atomic mass is 16.5. The van der Waals surface area contributed by atoms with E-state index in [0.29, 0.717) is 25.7 Å². The fourth-order valence-corrected chi connectivity index (χ4v) is 2.06. The van der Waals surface area contributed by atoms with Crippen molar-refractivity contribution < 1.29 is 19.1 Å². The molecule has 4 nitrogen and oxygen atoms in total. The lowest BCUT2D eigenvalue weighted by molar-refractivity contribution is -0.151. The standard InChI is InChI=1S/C11H16O4/c1-3-9(13)10(11(14)15-2)7-4-5-8(12)6-7/h7,10H,3-6H2,1-2H3/t7-,10?/m0/s1. The van der Waals surface area contributed by atoms with Gasteiger partial charge in [0.05, 0.1) is 7.11 Å². The van der Waals surface area contributed by atoms with Crippen LogP contribution >= 0.6 is 0 Å². The van der Waals surface area contributed by atoms with E-state index >= 15 is 0 Å². The average molecular weight is 212 g/mol. The maximum atomic E-state index is 11.6. The Labute approximate surface area is 89.0 Å². The molecule has 0 aromatic rings. The number of esters is 1. The van der Waals surface area contributed by atoms with E-state index in [4.69, 9.17) is 0 Å². The molecule has 0 N–H and O–H groups in total. The molecule has 84 valence electrons. The molecule has 0 amide bonds. The molecule has 15 heavy (non-hydrogen) atoms. The van der Waals surface area contributed by atoms with Gasteiger partial charge in [0.2, 0.25) is 0 Å². The normalized spacial score (nSPS) is 22.5. The van der Waals surface area contributed by atoms with E-state index in [1.54, 1.807) is 6.92 Å². The first kappa shape index (κ1) is 11.9. The summed E-state index contributed by atoms with van der Waals surface area (Å²) in [5.41, 5.74) is 0. The minimum atomic E-state index is -0.730. The number of ether oxygens (including phenoxy) is 1. The summed E-state index contributed by atoms with van der Waals surface area (Å²) in [6.07, 6.45) is 1.76. The van der Waals surface area contributed by atoms with Gasteiger partial charge in [-0.2, -0.15) is 0 Å². The van der Waals surface area contributed by atoms with Gasteiger partial charge < -0.3 is 4.74 Å². The lowest BCUT2D eigenvalue weighted by atomic mass is 9.86. The third kappa shape index (κ3) is 2.64. The molecule has 1 rings (SSSR count). The molecule has 0 aromatic carbocycles. The Bertz CT molecular complexity index is 266. The van der Waals surface area contributed by atoms with Crippen molar-refractivity contribution in [3.05, 3.63) is 0 Å². The first-order valence-electron chi connectivity index (χ1n) is 5.22. The van der Waals surface area contributed by atoms with E-state index in [9.17, 15) is 14.4 Å². The number of ketones is 2. The maximum absolute atomic E-state index is 11.6. The monoisotopic (exact) mass is 212 g/mol. The molecular formula is C11H16O4. The van der Waals surface area contributed by atoms with Crippen LogP contribution in [0, 0.1) is 11.8 Å². The molecule has 0 aromatic heterocycles. The molecule has 0 aliphatic heterocycles. The first-order valence-corrected chi connectivity index (χ1v) is 5.22. The van der Waals surface area contributed by atoms with Gasteiger partial charge in [-0.05, 0) is 12.3 Å². The van der Waals surface area contributed by atoms with Gasteiger partial charge in [0.1, 0.15) is 17.5 Å². The van der Waals surface area contributed by atoms with Crippen LogP contribution < -0.4 is 0 Å². The second-order valence-electron chi connectivity index (χ2n) is 3.86. The summed E-state index contributed by atoms with van der Waals surface area (Å²) >= 11 is 0. The van der Waals surface area contributed by atoms with Crippen molar-refractivity contribution in [1.82, 2.24) is 0 Å². The van der Waals surface area contributed by atoms with E-state index in [1.807, 2.05) is 0 Å². The summed E-state index contributed by atoms with van der Waals surface area (Å²) in [5, 5.41) is 0. The zero-order chi connectivity index (χ0) is 11.4. The number of methoxy groups -OCH3 is 1. The van der Waals surface area contributed by atoms with E-state index < -0.39 is 11.9 Å². The van der Waals surface area contributed by atoms with Crippen LogP contribution in [0.15, 0.2) is 0 Å². The van der Waals surface area contributed by atoms with Crippen LogP contribution in [0.4, 0.5) is 0 Å². The third-order valence-corrected chi connectivity index (χ3v) is 2.91. The third-order valence-electron chi connectivity index (χ3n) is 2.91. The molecule has 4 heteroatoms. The van der Waals surface area contributed by atoms with Crippen molar-refractivity contribution in [2.75, 3.05) is 7.11 Å². The summed E-state index contributed by atoms with van der Waals surface area (Å²) in [6, 6.07) is 0. The Morgan fingerprint density at radius 3 is 2.60 bits per heavy atom. The van der Waals surface area contributed by atoms with Crippen LogP contribution in [-0.2, 0) is 19.1 Å². The minimum Gasteiger partial charge on any atom is -0.468 e. The Kier molecular flexibility index (Phi) is 4.00. The van der Waals surface area contributed by atoms with Gasteiger partial charge in [0, 0.05) is 19.3 Å². The zero-order valence-electron chi connectivity index (χ0n) is 9.12. The smallest absolute Gasteiger partial charge is 0.316 e. The quantitative estimate of drug-likeness (QED) is 0.517. The highest BCUT2D eigenvalue weighted by Crippen LogP contribution is 2.31. The highest BCUT2D eigenvalue weighted by Gasteiger charge is 2.38. The van der Waals surface area contributed by atoms with E-state index in [2.05, 4.69) is 4.74 Å². The number of hydrogen-bond donors (Lipinski definition) is 0. The van der Waals surface area contributed by atoms with Crippen LogP contribution in [0.3, 0.4) is 0 Å². The molecule has 0 bridgehead atoms. The van der Waals surface area contributed by atoms with Crippen molar-refractivity contribution in [3.63, 3.8) is 0 Å². The number of hydrogen-bond acceptors (Lipinski definition) is 4. The van der Waals surface area contributed by atoms with Crippen LogP contribution in [-0.4, -0.2) is 24.6 Å². The zero-order valence-corrected chi connectivity index (χ0v) is 9.12. The topological polar surface area (TPSA) is 60.4 Å². The molecular weight excluding hydrogens is 196 g/mol. The van der Waals surface area contributed by atoms with E-state index in [-0.39, 0.29) is 17.5 Å². The summed E-state index contributed by atoms with van der Waals surface area (Å²) in [5.74, 6) is -1.36. The van der Waals surface area contributed by atoms with Crippen LogP contribution in [0.2, 0.25) is 0 Å². The first-order chi connectivity index (χ1) is 7.10. The van der Waals surface area contributed by atoms with Gasteiger partial charge in [-0.1, -0.05) is 6.92 Å². The predicted octanol–water partition coefficient (Wildman–Crippen LogP) is 1.12. The lowest BCUT2D eigenvalue weighted by Crippen LogP contribution is -2.31. The Morgan fingerprint density at radius 2 is 2.20 bits per heavy atom. The largest absolute Gasteiger partial charge is 0.468 e. The number of carbonyl (C=O) groups is 3. The van der Waals surface area contributed by atoms with Gasteiger partial charge >= 0.3 is 5.97 Å². The minimum absolute atomic E-state index is 0.124. The SMILES string of the molecule is CCC(=O)C(C(=O)OC)[C@H]1CCC(=O)C1. The molecule has 2 atom stereocenters.